The summed E-state index contributed by atoms with van der Waals surface area (Å²) in [7, 11) is 0. The second kappa shape index (κ2) is 5.48. The average Bonchev–Trinajstić information content (AvgIpc) is 2.77. The fourth-order valence-corrected chi connectivity index (χ4v) is 3.99. The molecule has 2 heterocycles. The monoisotopic (exact) mass is 324 g/mol. The number of thiophene rings is 1. The second-order valence-electron chi connectivity index (χ2n) is 5.57. The van der Waals surface area contributed by atoms with Crippen LogP contribution in [0.5, 0.6) is 0 Å². The molecule has 0 radical (unpaired) electrons. The Kier molecular flexibility index (Phi) is 3.82. The van der Waals surface area contributed by atoms with E-state index in [1.807, 2.05) is 19.1 Å². The molecule has 3 rings (SSSR count). The smallest absolute Gasteiger partial charge is 0.266 e. The van der Waals surface area contributed by atoms with E-state index in [1.165, 1.54) is 11.3 Å². The molecule has 1 saturated heterocycles. The normalized spacial score (nSPS) is 22.7. The molecule has 112 valence electrons. The SMILES string of the molecule is CC1CCN(C(=O)c2sc3cc(Cl)ccc3c2N)CC1O. The number of rotatable bonds is 1. The van der Waals surface area contributed by atoms with Crippen LogP contribution < -0.4 is 5.73 Å². The van der Waals surface area contributed by atoms with Crippen molar-refractivity contribution in [3.8, 4) is 0 Å². The van der Waals surface area contributed by atoms with E-state index < -0.39 is 6.10 Å². The number of piperidine rings is 1. The predicted molar refractivity (Wildman–Crippen MR) is 86.9 cm³/mol. The Hall–Kier alpha value is -1.30. The first-order valence-corrected chi connectivity index (χ1v) is 8.11. The van der Waals surface area contributed by atoms with Crippen molar-refractivity contribution in [3.05, 3.63) is 28.1 Å². The summed E-state index contributed by atoms with van der Waals surface area (Å²) in [5.41, 5.74) is 6.62. The van der Waals surface area contributed by atoms with E-state index in [4.69, 9.17) is 17.3 Å². The molecule has 2 atom stereocenters. The Balaban J connectivity index is 1.93. The highest BCUT2D eigenvalue weighted by molar-refractivity contribution is 7.21. The van der Waals surface area contributed by atoms with E-state index in [1.54, 1.807) is 11.0 Å². The minimum atomic E-state index is -0.465. The van der Waals surface area contributed by atoms with Crippen LogP contribution in [0.2, 0.25) is 5.02 Å². The summed E-state index contributed by atoms with van der Waals surface area (Å²) < 4.78 is 0.911. The van der Waals surface area contributed by atoms with Gasteiger partial charge in [-0.2, -0.15) is 0 Å². The minimum absolute atomic E-state index is 0.101. The highest BCUT2D eigenvalue weighted by Gasteiger charge is 2.29. The van der Waals surface area contributed by atoms with Crippen molar-refractivity contribution >= 4 is 44.6 Å². The van der Waals surface area contributed by atoms with Crippen molar-refractivity contribution in [1.29, 1.82) is 0 Å². The van der Waals surface area contributed by atoms with Crippen LogP contribution in [0.1, 0.15) is 23.0 Å². The molecule has 2 aromatic rings. The summed E-state index contributed by atoms with van der Waals surface area (Å²) >= 11 is 7.34. The van der Waals surface area contributed by atoms with Crippen molar-refractivity contribution < 1.29 is 9.90 Å². The number of benzene rings is 1. The largest absolute Gasteiger partial charge is 0.397 e. The van der Waals surface area contributed by atoms with E-state index in [0.717, 1.165) is 16.5 Å². The first-order valence-electron chi connectivity index (χ1n) is 6.92. The molecule has 4 nitrogen and oxygen atoms in total. The molecular formula is C15H17ClN2O2S. The highest BCUT2D eigenvalue weighted by Crippen LogP contribution is 2.36. The number of likely N-dealkylation sites (tertiary alicyclic amines) is 1. The summed E-state index contributed by atoms with van der Waals surface area (Å²) in [5, 5.41) is 11.4. The van der Waals surface area contributed by atoms with E-state index >= 15 is 0 Å². The summed E-state index contributed by atoms with van der Waals surface area (Å²) in [6, 6.07) is 5.43. The summed E-state index contributed by atoms with van der Waals surface area (Å²) in [4.78, 5) is 14.9. The lowest BCUT2D eigenvalue weighted by Gasteiger charge is -2.34. The number of β-amino-alcohol motifs (C(OH)–C–C–N with tert-alkyl or cyclic N) is 1. The number of amides is 1. The Morgan fingerprint density at radius 3 is 3.00 bits per heavy atom. The molecule has 0 spiro atoms. The second-order valence-corrected chi connectivity index (χ2v) is 7.06. The van der Waals surface area contributed by atoms with Crippen LogP contribution in [0.4, 0.5) is 5.69 Å². The van der Waals surface area contributed by atoms with Gasteiger partial charge in [0.1, 0.15) is 4.88 Å². The Morgan fingerprint density at radius 2 is 2.29 bits per heavy atom. The number of hydrogen-bond donors (Lipinski definition) is 2. The topological polar surface area (TPSA) is 66.6 Å². The van der Waals surface area contributed by atoms with Crippen LogP contribution in [0.15, 0.2) is 18.2 Å². The van der Waals surface area contributed by atoms with E-state index in [0.29, 0.717) is 28.7 Å². The fourth-order valence-electron chi connectivity index (χ4n) is 2.63. The van der Waals surface area contributed by atoms with Gasteiger partial charge < -0.3 is 15.7 Å². The number of carbonyl (C=O) groups is 1. The Labute approximate surface area is 132 Å². The molecule has 1 aromatic heterocycles. The van der Waals surface area contributed by atoms with Crippen molar-refractivity contribution in [2.45, 2.75) is 19.4 Å². The lowest BCUT2D eigenvalue weighted by Crippen LogP contribution is -2.45. The maximum absolute atomic E-state index is 12.6. The van der Waals surface area contributed by atoms with Gasteiger partial charge in [0, 0.05) is 28.2 Å². The zero-order valence-corrected chi connectivity index (χ0v) is 13.2. The number of hydrogen-bond acceptors (Lipinski definition) is 4. The molecular weight excluding hydrogens is 308 g/mol. The van der Waals surface area contributed by atoms with Gasteiger partial charge in [0.2, 0.25) is 0 Å². The van der Waals surface area contributed by atoms with E-state index in [-0.39, 0.29) is 11.8 Å². The number of nitrogens with zero attached hydrogens (tertiary/aromatic N) is 1. The molecule has 21 heavy (non-hydrogen) atoms. The van der Waals surface area contributed by atoms with Crippen LogP contribution in [-0.4, -0.2) is 35.1 Å². The third kappa shape index (κ3) is 2.61. The zero-order chi connectivity index (χ0) is 15.1. The van der Waals surface area contributed by atoms with Gasteiger partial charge >= 0.3 is 0 Å². The molecule has 1 aromatic carbocycles. The van der Waals surface area contributed by atoms with Gasteiger partial charge in [-0.1, -0.05) is 18.5 Å². The van der Waals surface area contributed by atoms with Crippen LogP contribution in [0.25, 0.3) is 10.1 Å². The Morgan fingerprint density at radius 1 is 1.52 bits per heavy atom. The molecule has 1 amide bonds. The first-order chi connectivity index (χ1) is 9.97. The van der Waals surface area contributed by atoms with Gasteiger partial charge in [0.15, 0.2) is 0 Å². The fraction of sp³-hybridized carbons (Fsp3) is 0.400. The van der Waals surface area contributed by atoms with Crippen molar-refractivity contribution in [1.82, 2.24) is 4.90 Å². The van der Waals surface area contributed by atoms with E-state index in [2.05, 4.69) is 0 Å². The van der Waals surface area contributed by atoms with Crippen molar-refractivity contribution in [3.63, 3.8) is 0 Å². The third-order valence-electron chi connectivity index (χ3n) is 4.09. The molecule has 1 aliphatic rings. The van der Waals surface area contributed by atoms with Gasteiger partial charge in [0.05, 0.1) is 11.8 Å². The lowest BCUT2D eigenvalue weighted by atomic mass is 9.96. The van der Waals surface area contributed by atoms with Crippen LogP contribution in [0, 0.1) is 5.92 Å². The minimum Gasteiger partial charge on any atom is -0.397 e. The third-order valence-corrected chi connectivity index (χ3v) is 5.48. The summed E-state index contributed by atoms with van der Waals surface area (Å²) in [6.45, 7) is 3.03. The van der Waals surface area contributed by atoms with E-state index in [9.17, 15) is 9.90 Å². The molecule has 0 saturated carbocycles. The standard InChI is InChI=1S/C15H17ClN2O2S/c1-8-4-5-18(7-11(8)19)15(20)14-13(17)10-3-2-9(16)6-12(10)21-14/h2-3,6,8,11,19H,4-5,7,17H2,1H3. The quantitative estimate of drug-likeness (QED) is 0.847. The van der Waals surface area contributed by atoms with Crippen molar-refractivity contribution in [2.75, 3.05) is 18.8 Å². The van der Waals surface area contributed by atoms with Crippen LogP contribution in [-0.2, 0) is 0 Å². The van der Waals surface area contributed by atoms with Gasteiger partial charge in [-0.05, 0) is 30.5 Å². The molecule has 0 bridgehead atoms. The summed E-state index contributed by atoms with van der Waals surface area (Å²) in [6.07, 6.45) is 0.344. The predicted octanol–water partition coefficient (Wildman–Crippen LogP) is 2.98. The van der Waals surface area contributed by atoms with Gasteiger partial charge in [-0.15, -0.1) is 11.3 Å². The van der Waals surface area contributed by atoms with Gasteiger partial charge in [-0.25, -0.2) is 0 Å². The number of aliphatic hydroxyl groups excluding tert-OH is 1. The zero-order valence-electron chi connectivity index (χ0n) is 11.7. The lowest BCUT2D eigenvalue weighted by molar-refractivity contribution is 0.0252. The first kappa shape index (κ1) is 14.6. The van der Waals surface area contributed by atoms with Gasteiger partial charge in [-0.3, -0.25) is 4.79 Å². The Bertz CT molecular complexity index is 700. The summed E-state index contributed by atoms with van der Waals surface area (Å²) in [5.74, 6) is 0.128. The molecule has 1 aliphatic heterocycles. The molecule has 3 N–H and O–H groups in total. The number of halogens is 1. The maximum Gasteiger partial charge on any atom is 0.266 e. The molecule has 2 unspecified atom stereocenters. The van der Waals surface area contributed by atoms with Gasteiger partial charge in [0.25, 0.3) is 5.91 Å². The number of carbonyl (C=O) groups excluding carboxylic acids is 1. The number of aliphatic hydroxyl groups is 1. The molecule has 1 fully saturated rings. The highest BCUT2D eigenvalue weighted by atomic mass is 35.5. The number of nitrogens with two attached hydrogens (primary N) is 1. The number of anilines is 1. The van der Waals surface area contributed by atoms with Crippen LogP contribution in [0.3, 0.4) is 0 Å². The molecule has 0 aliphatic carbocycles. The average molecular weight is 325 g/mol. The maximum atomic E-state index is 12.6. The van der Waals surface area contributed by atoms with Crippen LogP contribution >= 0.6 is 22.9 Å². The van der Waals surface area contributed by atoms with Crippen molar-refractivity contribution in [2.24, 2.45) is 5.92 Å². The number of fused-ring (bicyclic) bond motifs is 1. The number of nitrogen functional groups attached to an aromatic ring is 1. The molecule has 6 heteroatoms.